The second kappa shape index (κ2) is 15.9. The molecule has 1 saturated carbocycles. The van der Waals surface area contributed by atoms with Gasteiger partial charge in [0.15, 0.2) is 0 Å². The molecule has 26 heavy (non-hydrogen) atoms. The summed E-state index contributed by atoms with van der Waals surface area (Å²) in [5.74, 6) is 1.74. The van der Waals surface area contributed by atoms with Crippen LogP contribution in [0.2, 0.25) is 0 Å². The number of methoxy groups -OCH3 is 1. The Bertz CT molecular complexity index is 429. The fourth-order valence-electron chi connectivity index (χ4n) is 3.23. The third-order valence-electron chi connectivity index (χ3n) is 5.12. The molecule has 1 aliphatic rings. The van der Waals surface area contributed by atoms with Crippen LogP contribution in [0.15, 0.2) is 36.5 Å². The van der Waals surface area contributed by atoms with Crippen molar-refractivity contribution in [1.82, 2.24) is 0 Å². The van der Waals surface area contributed by atoms with Crippen LogP contribution in [0.1, 0.15) is 90.4 Å². The number of unbranched alkanes of at least 4 members (excludes halogenated alkanes) is 5. The molecule has 0 bridgehead atoms. The highest BCUT2D eigenvalue weighted by Crippen LogP contribution is 2.40. The summed E-state index contributed by atoms with van der Waals surface area (Å²) in [4.78, 5) is 11.0. The summed E-state index contributed by atoms with van der Waals surface area (Å²) in [6.45, 7) is 2.26. The maximum Gasteiger partial charge on any atom is 0.305 e. The minimum Gasteiger partial charge on any atom is -0.469 e. The van der Waals surface area contributed by atoms with Gasteiger partial charge < -0.3 is 4.74 Å². The molecule has 0 N–H and O–H groups in total. The van der Waals surface area contributed by atoms with Gasteiger partial charge in [0.05, 0.1) is 7.11 Å². The maximum absolute atomic E-state index is 11.0. The van der Waals surface area contributed by atoms with E-state index in [4.69, 9.17) is 0 Å². The number of carbonyl (C=O) groups excluding carboxylic acids is 1. The van der Waals surface area contributed by atoms with E-state index in [9.17, 15) is 4.79 Å². The summed E-state index contributed by atoms with van der Waals surface area (Å²) in [5, 5.41) is 0. The third kappa shape index (κ3) is 13.0. The second-order valence-corrected chi connectivity index (χ2v) is 7.52. The molecule has 1 rings (SSSR count). The predicted octanol–water partition coefficient (Wildman–Crippen LogP) is 7.17. The van der Waals surface area contributed by atoms with Crippen molar-refractivity contribution in [1.29, 1.82) is 0 Å². The molecule has 0 amide bonds. The molecule has 0 aliphatic heterocycles. The molecule has 0 aromatic carbocycles. The van der Waals surface area contributed by atoms with Crippen LogP contribution in [0.5, 0.6) is 0 Å². The van der Waals surface area contributed by atoms with E-state index in [1.807, 2.05) is 0 Å². The monoisotopic (exact) mass is 360 g/mol. The van der Waals surface area contributed by atoms with Gasteiger partial charge in [-0.1, -0.05) is 56.2 Å². The van der Waals surface area contributed by atoms with Crippen LogP contribution >= 0.6 is 0 Å². The summed E-state index contributed by atoms with van der Waals surface area (Å²) >= 11 is 0. The number of hydrogen-bond donors (Lipinski definition) is 0. The number of carbonyl (C=O) groups is 1. The normalized spacial score (nSPS) is 16.1. The van der Waals surface area contributed by atoms with E-state index in [0.29, 0.717) is 6.42 Å². The lowest BCUT2D eigenvalue weighted by Gasteiger charge is -2.11. The SMILES string of the molecule is CCCCC/C=C\C[C@H](C/C=C/CC/C=C\CCCC(=O)OC)C1CC1. The Morgan fingerprint density at radius 3 is 2.08 bits per heavy atom. The first-order valence-electron chi connectivity index (χ1n) is 10.8. The van der Waals surface area contributed by atoms with Gasteiger partial charge in [-0.25, -0.2) is 0 Å². The van der Waals surface area contributed by atoms with Gasteiger partial charge >= 0.3 is 5.97 Å². The molecule has 2 nitrogen and oxygen atoms in total. The Kier molecular flexibility index (Phi) is 13.9. The highest BCUT2D eigenvalue weighted by Gasteiger charge is 2.29. The number of esters is 1. The first kappa shape index (κ1) is 22.7. The van der Waals surface area contributed by atoms with Gasteiger partial charge in [-0.05, 0) is 76.0 Å². The van der Waals surface area contributed by atoms with Crippen LogP contribution in [0.3, 0.4) is 0 Å². The Morgan fingerprint density at radius 1 is 0.885 bits per heavy atom. The number of ether oxygens (including phenoxy) is 1. The summed E-state index contributed by atoms with van der Waals surface area (Å²) in [5.41, 5.74) is 0. The fraction of sp³-hybridized carbons (Fsp3) is 0.708. The molecule has 2 heteroatoms. The van der Waals surface area contributed by atoms with Gasteiger partial charge in [0.25, 0.3) is 0 Å². The predicted molar refractivity (Wildman–Crippen MR) is 112 cm³/mol. The lowest BCUT2D eigenvalue weighted by Crippen LogP contribution is -1.99. The van der Waals surface area contributed by atoms with Crippen LogP contribution in [0, 0.1) is 11.8 Å². The van der Waals surface area contributed by atoms with E-state index in [2.05, 4.69) is 48.1 Å². The summed E-state index contributed by atoms with van der Waals surface area (Å²) in [7, 11) is 1.45. The highest BCUT2D eigenvalue weighted by molar-refractivity contribution is 5.69. The summed E-state index contributed by atoms with van der Waals surface area (Å²) < 4.78 is 4.63. The van der Waals surface area contributed by atoms with Gasteiger partial charge in [0.1, 0.15) is 0 Å². The van der Waals surface area contributed by atoms with Gasteiger partial charge in [0, 0.05) is 6.42 Å². The van der Waals surface area contributed by atoms with Crippen LogP contribution in [-0.2, 0) is 9.53 Å². The maximum atomic E-state index is 11.0. The van der Waals surface area contributed by atoms with E-state index in [1.165, 1.54) is 58.5 Å². The summed E-state index contributed by atoms with van der Waals surface area (Å²) in [6.07, 6.45) is 29.3. The van der Waals surface area contributed by atoms with Crippen LogP contribution in [0.25, 0.3) is 0 Å². The van der Waals surface area contributed by atoms with Crippen molar-refractivity contribution in [2.45, 2.75) is 90.4 Å². The Morgan fingerprint density at radius 2 is 1.46 bits per heavy atom. The van der Waals surface area contributed by atoms with Crippen molar-refractivity contribution in [3.05, 3.63) is 36.5 Å². The van der Waals surface area contributed by atoms with Gasteiger partial charge in [-0.15, -0.1) is 0 Å². The van der Waals surface area contributed by atoms with E-state index in [0.717, 1.165) is 37.5 Å². The zero-order valence-corrected chi connectivity index (χ0v) is 17.1. The van der Waals surface area contributed by atoms with Crippen molar-refractivity contribution in [2.75, 3.05) is 7.11 Å². The molecule has 1 atom stereocenters. The molecule has 0 saturated heterocycles. The Balaban J connectivity index is 2.06. The minimum atomic E-state index is -0.109. The van der Waals surface area contributed by atoms with E-state index in [-0.39, 0.29) is 5.97 Å². The molecule has 0 spiro atoms. The molecule has 1 aliphatic carbocycles. The highest BCUT2D eigenvalue weighted by atomic mass is 16.5. The minimum absolute atomic E-state index is 0.109. The van der Waals surface area contributed by atoms with Gasteiger partial charge in [0.2, 0.25) is 0 Å². The Hall–Kier alpha value is -1.31. The number of hydrogen-bond acceptors (Lipinski definition) is 2. The van der Waals surface area contributed by atoms with Gasteiger partial charge in [-0.3, -0.25) is 4.79 Å². The van der Waals surface area contributed by atoms with Crippen molar-refractivity contribution < 1.29 is 9.53 Å². The van der Waals surface area contributed by atoms with Crippen LogP contribution in [0.4, 0.5) is 0 Å². The Labute approximate surface area is 161 Å². The lowest BCUT2D eigenvalue weighted by atomic mass is 9.95. The van der Waals surface area contributed by atoms with Crippen molar-refractivity contribution in [2.24, 2.45) is 11.8 Å². The molecule has 1 fully saturated rings. The zero-order valence-electron chi connectivity index (χ0n) is 17.1. The molecule has 0 aromatic rings. The first-order chi connectivity index (χ1) is 12.8. The first-order valence-corrected chi connectivity index (χ1v) is 10.8. The van der Waals surface area contributed by atoms with Crippen LogP contribution < -0.4 is 0 Å². The molecular formula is C24H40O2. The van der Waals surface area contributed by atoms with Crippen molar-refractivity contribution >= 4 is 5.97 Å². The lowest BCUT2D eigenvalue weighted by molar-refractivity contribution is -0.140. The summed E-state index contributed by atoms with van der Waals surface area (Å²) in [6, 6.07) is 0. The van der Waals surface area contributed by atoms with Crippen LogP contribution in [-0.4, -0.2) is 13.1 Å². The largest absolute Gasteiger partial charge is 0.469 e. The standard InChI is InChI=1S/C24H40O2/c1-3-4-5-6-11-14-17-22(23-20-21-23)18-15-12-9-7-8-10-13-16-19-24(25)26-2/h8,10-12,14-15,22-23H,3-7,9,13,16-21H2,1-2H3/b10-8-,14-11-,15-12+/t22-/m1/s1. The zero-order chi connectivity index (χ0) is 18.9. The van der Waals surface area contributed by atoms with Crippen molar-refractivity contribution in [3.8, 4) is 0 Å². The number of allylic oxidation sites excluding steroid dienone is 6. The van der Waals surface area contributed by atoms with Gasteiger partial charge in [-0.2, -0.15) is 0 Å². The molecule has 0 radical (unpaired) electrons. The molecule has 0 heterocycles. The molecule has 148 valence electrons. The molecule has 0 aromatic heterocycles. The number of rotatable bonds is 16. The third-order valence-corrected chi connectivity index (χ3v) is 5.12. The molecule has 0 unspecified atom stereocenters. The van der Waals surface area contributed by atoms with E-state index >= 15 is 0 Å². The fourth-order valence-corrected chi connectivity index (χ4v) is 3.23. The van der Waals surface area contributed by atoms with E-state index < -0.39 is 0 Å². The van der Waals surface area contributed by atoms with Crippen molar-refractivity contribution in [3.63, 3.8) is 0 Å². The van der Waals surface area contributed by atoms with E-state index in [1.54, 1.807) is 0 Å². The smallest absolute Gasteiger partial charge is 0.305 e. The molecular weight excluding hydrogens is 320 g/mol. The second-order valence-electron chi connectivity index (χ2n) is 7.52. The average molecular weight is 361 g/mol. The quantitative estimate of drug-likeness (QED) is 0.166. The average Bonchev–Trinajstić information content (AvgIpc) is 3.49. The topological polar surface area (TPSA) is 26.3 Å².